The number of nitrogens with one attached hydrogen (secondary N) is 2. The highest BCUT2D eigenvalue weighted by Gasteiger charge is 2.34. The Labute approximate surface area is 142 Å². The van der Waals surface area contributed by atoms with Gasteiger partial charge in [0.2, 0.25) is 0 Å². The summed E-state index contributed by atoms with van der Waals surface area (Å²) in [5.74, 6) is -0.655. The van der Waals surface area contributed by atoms with Crippen LogP contribution in [0.2, 0.25) is 0 Å². The van der Waals surface area contributed by atoms with E-state index in [9.17, 15) is 18.0 Å². The summed E-state index contributed by atoms with van der Waals surface area (Å²) >= 11 is 5.05. The standard InChI is InChI=1S/C16H15F3N2O2S/c1-3-7-23-14(22)12-9(2)20-15(24)21-13(12)10-5-4-6-11(8-10)16(17,18)19/h3-6,8,13H,1,7H2,2H3,(H2,20,21,24)/t13-/m0/s1. The molecule has 2 rings (SSSR count). The first kappa shape index (κ1) is 18.0. The Morgan fingerprint density at radius 3 is 2.79 bits per heavy atom. The number of ether oxygens (including phenoxy) is 1. The second kappa shape index (κ2) is 7.04. The van der Waals surface area contributed by atoms with Gasteiger partial charge in [0.05, 0.1) is 17.2 Å². The van der Waals surface area contributed by atoms with Crippen molar-refractivity contribution in [1.82, 2.24) is 10.6 Å². The summed E-state index contributed by atoms with van der Waals surface area (Å²) in [6.45, 7) is 5.06. The summed E-state index contributed by atoms with van der Waals surface area (Å²) in [6, 6.07) is 3.90. The lowest BCUT2D eigenvalue weighted by Crippen LogP contribution is -2.45. The fraction of sp³-hybridized carbons (Fsp3) is 0.250. The van der Waals surface area contributed by atoms with Gasteiger partial charge in [-0.25, -0.2) is 4.79 Å². The van der Waals surface area contributed by atoms with Crippen LogP contribution in [0.5, 0.6) is 0 Å². The van der Waals surface area contributed by atoms with Crippen molar-refractivity contribution >= 4 is 23.3 Å². The molecule has 4 nitrogen and oxygen atoms in total. The van der Waals surface area contributed by atoms with E-state index in [1.165, 1.54) is 18.2 Å². The summed E-state index contributed by atoms with van der Waals surface area (Å²) < 4.78 is 43.8. The lowest BCUT2D eigenvalue weighted by Gasteiger charge is -2.30. The predicted molar refractivity (Wildman–Crippen MR) is 86.9 cm³/mol. The van der Waals surface area contributed by atoms with Crippen molar-refractivity contribution in [3.8, 4) is 0 Å². The van der Waals surface area contributed by atoms with Crippen LogP contribution in [0.1, 0.15) is 24.1 Å². The first-order chi connectivity index (χ1) is 11.2. The van der Waals surface area contributed by atoms with Crippen molar-refractivity contribution < 1.29 is 22.7 Å². The van der Waals surface area contributed by atoms with Crippen molar-refractivity contribution in [2.45, 2.75) is 19.1 Å². The number of carbonyl (C=O) groups is 1. The average Bonchev–Trinajstić information content (AvgIpc) is 2.51. The molecule has 1 aliphatic heterocycles. The zero-order valence-electron chi connectivity index (χ0n) is 12.7. The molecule has 1 heterocycles. The van der Waals surface area contributed by atoms with E-state index in [1.54, 1.807) is 6.92 Å². The van der Waals surface area contributed by atoms with Gasteiger partial charge in [0.1, 0.15) is 6.61 Å². The second-order valence-electron chi connectivity index (χ2n) is 5.08. The molecule has 0 saturated carbocycles. The lowest BCUT2D eigenvalue weighted by atomic mass is 9.94. The zero-order chi connectivity index (χ0) is 17.9. The van der Waals surface area contributed by atoms with Gasteiger partial charge in [-0.2, -0.15) is 13.2 Å². The average molecular weight is 356 g/mol. The molecule has 1 aromatic carbocycles. The van der Waals surface area contributed by atoms with Gasteiger partial charge in [-0.1, -0.05) is 24.8 Å². The molecule has 0 aromatic heterocycles. The molecule has 1 atom stereocenters. The van der Waals surface area contributed by atoms with Crippen molar-refractivity contribution in [2.24, 2.45) is 0 Å². The maximum Gasteiger partial charge on any atom is 0.416 e. The van der Waals surface area contributed by atoms with Crippen LogP contribution < -0.4 is 10.6 Å². The minimum Gasteiger partial charge on any atom is -0.458 e. The smallest absolute Gasteiger partial charge is 0.416 e. The SMILES string of the molecule is C=CCOC(=O)C1=C(C)NC(=S)N[C@H]1c1cccc(C(F)(F)F)c1. The highest BCUT2D eigenvalue weighted by Crippen LogP contribution is 2.33. The van der Waals surface area contributed by atoms with Crippen molar-refractivity contribution in [1.29, 1.82) is 0 Å². The van der Waals surface area contributed by atoms with Gasteiger partial charge < -0.3 is 15.4 Å². The van der Waals surface area contributed by atoms with Gasteiger partial charge in [-0.05, 0) is 36.8 Å². The van der Waals surface area contributed by atoms with Crippen molar-refractivity contribution in [2.75, 3.05) is 6.61 Å². The third-order valence-corrected chi connectivity index (χ3v) is 3.59. The largest absolute Gasteiger partial charge is 0.458 e. The first-order valence-corrected chi connectivity index (χ1v) is 7.38. The number of benzene rings is 1. The molecule has 0 spiro atoms. The van der Waals surface area contributed by atoms with Crippen LogP contribution in [0.4, 0.5) is 13.2 Å². The Balaban J connectivity index is 2.45. The van der Waals surface area contributed by atoms with E-state index < -0.39 is 23.8 Å². The molecule has 0 aliphatic carbocycles. The van der Waals surface area contributed by atoms with Crippen molar-refractivity contribution in [3.05, 3.63) is 59.3 Å². The summed E-state index contributed by atoms with van der Waals surface area (Å²) in [5.41, 5.74) is 0.0567. The number of halogens is 3. The Bertz CT molecular complexity index is 714. The fourth-order valence-corrected chi connectivity index (χ4v) is 2.59. The summed E-state index contributed by atoms with van der Waals surface area (Å²) in [5, 5.41) is 5.82. The molecule has 8 heteroatoms. The molecule has 128 valence electrons. The number of hydrogen-bond donors (Lipinski definition) is 2. The number of hydrogen-bond acceptors (Lipinski definition) is 3. The highest BCUT2D eigenvalue weighted by molar-refractivity contribution is 7.80. The van der Waals surface area contributed by atoms with E-state index in [2.05, 4.69) is 17.2 Å². The number of allylic oxidation sites excluding steroid dienone is 1. The predicted octanol–water partition coefficient (Wildman–Crippen LogP) is 3.23. The quantitative estimate of drug-likeness (QED) is 0.493. The van der Waals surface area contributed by atoms with Crippen molar-refractivity contribution in [3.63, 3.8) is 0 Å². The molecule has 0 unspecified atom stereocenters. The third-order valence-electron chi connectivity index (χ3n) is 3.37. The van der Waals surface area contributed by atoms with Crippen LogP contribution >= 0.6 is 12.2 Å². The molecule has 0 radical (unpaired) electrons. The van der Waals surface area contributed by atoms with E-state index in [0.29, 0.717) is 5.70 Å². The molecular formula is C16H15F3N2O2S. The first-order valence-electron chi connectivity index (χ1n) is 6.97. The lowest BCUT2D eigenvalue weighted by molar-refractivity contribution is -0.138. The number of thiocarbonyl (C=S) groups is 1. The van der Waals surface area contributed by atoms with E-state index in [-0.39, 0.29) is 22.9 Å². The molecule has 0 saturated heterocycles. The molecular weight excluding hydrogens is 341 g/mol. The van der Waals surface area contributed by atoms with E-state index >= 15 is 0 Å². The maximum atomic E-state index is 12.9. The van der Waals surface area contributed by atoms with Gasteiger partial charge in [0.25, 0.3) is 0 Å². The minimum absolute atomic E-state index is 0.00459. The van der Waals surface area contributed by atoms with Crippen LogP contribution in [0.3, 0.4) is 0 Å². The Kier molecular flexibility index (Phi) is 5.28. The number of rotatable bonds is 4. The van der Waals surface area contributed by atoms with Crippen LogP contribution in [-0.4, -0.2) is 17.7 Å². The number of esters is 1. The molecule has 0 bridgehead atoms. The molecule has 1 aliphatic rings. The van der Waals surface area contributed by atoms with E-state index in [0.717, 1.165) is 12.1 Å². The van der Waals surface area contributed by atoms with Gasteiger partial charge >= 0.3 is 12.1 Å². The van der Waals surface area contributed by atoms with Crippen LogP contribution in [0.25, 0.3) is 0 Å². The number of alkyl halides is 3. The Hall–Kier alpha value is -2.35. The molecule has 1 aromatic rings. The molecule has 0 amide bonds. The normalized spacial score (nSPS) is 17.8. The summed E-state index contributed by atoms with van der Waals surface area (Å²) in [7, 11) is 0. The Morgan fingerprint density at radius 1 is 1.46 bits per heavy atom. The monoisotopic (exact) mass is 356 g/mol. The zero-order valence-corrected chi connectivity index (χ0v) is 13.6. The van der Waals surface area contributed by atoms with Gasteiger partial charge in [-0.3, -0.25) is 0 Å². The van der Waals surface area contributed by atoms with E-state index in [1.807, 2.05) is 0 Å². The molecule has 0 fully saturated rings. The summed E-state index contributed by atoms with van der Waals surface area (Å²) in [6.07, 6.45) is -3.08. The van der Waals surface area contributed by atoms with Crippen LogP contribution in [0.15, 0.2) is 48.2 Å². The maximum absolute atomic E-state index is 12.9. The second-order valence-corrected chi connectivity index (χ2v) is 5.49. The van der Waals surface area contributed by atoms with Gasteiger partial charge in [0, 0.05) is 5.70 Å². The topological polar surface area (TPSA) is 50.4 Å². The van der Waals surface area contributed by atoms with E-state index in [4.69, 9.17) is 17.0 Å². The van der Waals surface area contributed by atoms with Gasteiger partial charge in [-0.15, -0.1) is 0 Å². The van der Waals surface area contributed by atoms with Crippen LogP contribution in [-0.2, 0) is 15.7 Å². The fourth-order valence-electron chi connectivity index (χ4n) is 2.32. The number of carbonyl (C=O) groups excluding carboxylic acids is 1. The van der Waals surface area contributed by atoms with Gasteiger partial charge in [0.15, 0.2) is 5.11 Å². The molecule has 2 N–H and O–H groups in total. The minimum atomic E-state index is -4.48. The van der Waals surface area contributed by atoms with Crippen LogP contribution in [0, 0.1) is 0 Å². The molecule has 24 heavy (non-hydrogen) atoms. The third kappa shape index (κ3) is 3.94. The highest BCUT2D eigenvalue weighted by atomic mass is 32.1. The Morgan fingerprint density at radius 2 is 2.17 bits per heavy atom. The summed E-state index contributed by atoms with van der Waals surface area (Å²) in [4.78, 5) is 12.3.